The van der Waals surface area contributed by atoms with Crippen LogP contribution in [-0.4, -0.2) is 29.1 Å². The molecule has 8 heteroatoms. The van der Waals surface area contributed by atoms with Crippen LogP contribution in [0.25, 0.3) is 6.08 Å². The van der Waals surface area contributed by atoms with E-state index in [4.69, 9.17) is 9.84 Å². The summed E-state index contributed by atoms with van der Waals surface area (Å²) in [6, 6.07) is 11.8. The van der Waals surface area contributed by atoms with Gasteiger partial charge in [0.1, 0.15) is 5.75 Å². The number of ether oxygens (including phenoxy) is 1. The molecule has 1 amide bonds. The summed E-state index contributed by atoms with van der Waals surface area (Å²) in [5, 5.41) is 15.1. The first-order valence-corrected chi connectivity index (χ1v) is 11.4. The van der Waals surface area contributed by atoms with Gasteiger partial charge in [-0.2, -0.15) is 0 Å². The van der Waals surface area contributed by atoms with Gasteiger partial charge >= 0.3 is 5.97 Å². The highest BCUT2D eigenvalue weighted by atomic mass is 79.9. The highest BCUT2D eigenvalue weighted by molar-refractivity contribution is 9.10. The van der Waals surface area contributed by atoms with Gasteiger partial charge in [0.25, 0.3) is 5.91 Å². The number of hydrogen-bond donors (Lipinski definition) is 3. The molecule has 3 rings (SSSR count). The van der Waals surface area contributed by atoms with Crippen LogP contribution in [0.15, 0.2) is 58.4 Å². The van der Waals surface area contributed by atoms with Crippen molar-refractivity contribution in [3.63, 3.8) is 0 Å². The Kier molecular flexibility index (Phi) is 7.81. The van der Waals surface area contributed by atoms with Crippen LogP contribution >= 0.6 is 27.7 Å². The van der Waals surface area contributed by atoms with Crippen molar-refractivity contribution in [1.82, 2.24) is 5.32 Å². The Bertz CT molecular complexity index is 1020. The van der Waals surface area contributed by atoms with Gasteiger partial charge in [-0.05, 0) is 75.8 Å². The van der Waals surface area contributed by atoms with Gasteiger partial charge in [-0.3, -0.25) is 4.79 Å². The molecule has 0 spiro atoms. The molecule has 1 aliphatic rings. The molecule has 1 aliphatic heterocycles. The molecule has 1 fully saturated rings. The van der Waals surface area contributed by atoms with Gasteiger partial charge in [-0.25, -0.2) is 4.79 Å². The summed E-state index contributed by atoms with van der Waals surface area (Å²) >= 11 is 4.86. The molecule has 6 nitrogen and oxygen atoms in total. The quantitative estimate of drug-likeness (QED) is 0.337. The maximum absolute atomic E-state index is 12.5. The Morgan fingerprint density at radius 1 is 1.35 bits per heavy atom. The van der Waals surface area contributed by atoms with Crippen molar-refractivity contribution in [3.05, 3.63) is 75.1 Å². The van der Waals surface area contributed by atoms with Gasteiger partial charge in [0.2, 0.25) is 0 Å². The number of carboxylic acid groups (broad SMARTS) is 1. The number of amides is 1. The van der Waals surface area contributed by atoms with Gasteiger partial charge < -0.3 is 20.5 Å². The van der Waals surface area contributed by atoms with E-state index in [1.807, 2.05) is 18.2 Å². The fraction of sp³-hybridized carbons (Fsp3) is 0.217. The number of aryl methyl sites for hydroxylation is 1. The fourth-order valence-corrected chi connectivity index (χ4v) is 4.68. The maximum Gasteiger partial charge on any atom is 0.341 e. The van der Waals surface area contributed by atoms with Crippen molar-refractivity contribution in [3.8, 4) is 5.75 Å². The van der Waals surface area contributed by atoms with Crippen molar-refractivity contribution in [2.45, 2.75) is 25.3 Å². The third-order valence-electron chi connectivity index (χ3n) is 4.54. The number of halogens is 1. The zero-order chi connectivity index (χ0) is 22.4. The van der Waals surface area contributed by atoms with E-state index in [9.17, 15) is 9.59 Å². The van der Waals surface area contributed by atoms with Crippen molar-refractivity contribution < 1.29 is 19.4 Å². The Hall–Kier alpha value is -2.71. The highest BCUT2D eigenvalue weighted by Crippen LogP contribution is 2.35. The van der Waals surface area contributed by atoms with Crippen molar-refractivity contribution in [2.75, 3.05) is 11.9 Å². The van der Waals surface area contributed by atoms with E-state index in [0.29, 0.717) is 21.5 Å². The minimum atomic E-state index is -1.05. The first kappa shape index (κ1) is 23.0. The molecule has 2 aromatic rings. The van der Waals surface area contributed by atoms with Crippen LogP contribution in [0.3, 0.4) is 0 Å². The number of nitrogens with one attached hydrogen (secondary N) is 2. The minimum Gasteiger partial charge on any atom is -0.480 e. The lowest BCUT2D eigenvalue weighted by Crippen LogP contribution is -2.30. The van der Waals surface area contributed by atoms with Crippen molar-refractivity contribution >= 4 is 51.3 Å². The van der Waals surface area contributed by atoms with E-state index < -0.39 is 12.6 Å². The summed E-state index contributed by atoms with van der Waals surface area (Å²) < 4.78 is 6.04. The van der Waals surface area contributed by atoms with Crippen LogP contribution in [0, 0.1) is 0 Å². The molecule has 2 aromatic carbocycles. The number of allylic oxidation sites excluding steroid dienone is 1. The monoisotopic (exact) mass is 502 g/mol. The molecule has 162 valence electrons. The van der Waals surface area contributed by atoms with E-state index in [0.717, 1.165) is 23.2 Å². The normalized spacial score (nSPS) is 16.8. The Morgan fingerprint density at radius 3 is 2.74 bits per heavy atom. The summed E-state index contributed by atoms with van der Waals surface area (Å²) in [7, 11) is 0. The summed E-state index contributed by atoms with van der Waals surface area (Å²) in [5.41, 5.74) is 3.52. The van der Waals surface area contributed by atoms with Gasteiger partial charge in [0.05, 0.1) is 9.38 Å². The summed E-state index contributed by atoms with van der Waals surface area (Å²) in [4.78, 5) is 23.9. The molecule has 0 unspecified atom stereocenters. The Balaban J connectivity index is 1.77. The van der Waals surface area contributed by atoms with Crippen molar-refractivity contribution in [2.24, 2.45) is 0 Å². The van der Waals surface area contributed by atoms with Gasteiger partial charge in [0.15, 0.2) is 12.1 Å². The largest absolute Gasteiger partial charge is 0.480 e. The average Bonchev–Trinajstić information content (AvgIpc) is 3.06. The van der Waals surface area contributed by atoms with Crippen LogP contribution in [0.5, 0.6) is 5.75 Å². The number of benzene rings is 2. The molecule has 0 aromatic heterocycles. The first-order chi connectivity index (χ1) is 14.9. The van der Waals surface area contributed by atoms with Crippen LogP contribution in [0.2, 0.25) is 0 Å². The molecule has 3 N–H and O–H groups in total. The second kappa shape index (κ2) is 10.5. The van der Waals surface area contributed by atoms with Crippen LogP contribution in [-0.2, 0) is 22.4 Å². The van der Waals surface area contributed by atoms with Gasteiger partial charge in [0, 0.05) is 5.69 Å². The molecule has 0 aliphatic carbocycles. The highest BCUT2D eigenvalue weighted by Gasteiger charge is 2.27. The topological polar surface area (TPSA) is 87.7 Å². The number of carbonyl (C=O) groups excluding carboxylic acids is 1. The SMILES string of the molecule is C=CCc1cc(/C=C2\S[C@H](Nc3ccc(CC)cc3)NC2=O)cc(Br)c1OCC(=O)O. The van der Waals surface area contributed by atoms with E-state index in [-0.39, 0.29) is 11.4 Å². The lowest BCUT2D eigenvalue weighted by Gasteiger charge is -2.13. The number of anilines is 1. The molecule has 1 heterocycles. The predicted octanol–water partition coefficient (Wildman–Crippen LogP) is 4.80. The molecule has 31 heavy (non-hydrogen) atoms. The summed E-state index contributed by atoms with van der Waals surface area (Å²) in [6.45, 7) is 5.42. The number of hydrogen-bond acceptors (Lipinski definition) is 5. The van der Waals surface area contributed by atoms with E-state index in [1.54, 1.807) is 18.2 Å². The van der Waals surface area contributed by atoms with Crippen LogP contribution < -0.4 is 15.4 Å². The van der Waals surface area contributed by atoms with E-state index in [1.165, 1.54) is 17.3 Å². The van der Waals surface area contributed by atoms with E-state index in [2.05, 4.69) is 52.2 Å². The molecule has 1 saturated heterocycles. The summed E-state index contributed by atoms with van der Waals surface area (Å²) in [6.07, 6.45) is 5.00. The second-order valence-electron chi connectivity index (χ2n) is 6.84. The molecule has 0 bridgehead atoms. The number of carbonyl (C=O) groups is 2. The number of thioether (sulfide) groups is 1. The second-order valence-corrected chi connectivity index (χ2v) is 8.84. The van der Waals surface area contributed by atoms with Gasteiger partial charge in [-0.1, -0.05) is 36.9 Å². The molecule has 0 saturated carbocycles. The molecular formula is C23H23BrN2O4S. The molecule has 0 radical (unpaired) electrons. The molecule has 1 atom stereocenters. The zero-order valence-corrected chi connectivity index (χ0v) is 19.4. The lowest BCUT2D eigenvalue weighted by atomic mass is 10.1. The lowest BCUT2D eigenvalue weighted by molar-refractivity contribution is -0.139. The maximum atomic E-state index is 12.5. The predicted molar refractivity (Wildman–Crippen MR) is 128 cm³/mol. The third kappa shape index (κ3) is 6.15. The fourth-order valence-electron chi connectivity index (χ4n) is 3.06. The van der Waals surface area contributed by atoms with E-state index >= 15 is 0 Å². The smallest absolute Gasteiger partial charge is 0.341 e. The minimum absolute atomic E-state index is 0.153. The number of aliphatic carboxylic acids is 1. The molecular weight excluding hydrogens is 480 g/mol. The Morgan fingerprint density at radius 2 is 2.10 bits per heavy atom. The standard InChI is InChI=1S/C23H23BrN2O4S/c1-3-5-16-10-15(11-18(24)21(16)30-13-20(27)28)12-19-22(29)26-23(31-19)25-17-8-6-14(4-2)7-9-17/h3,6-12,23,25H,1,4-5,13H2,2H3,(H,26,29)(H,27,28)/b19-12-/t23-/m1/s1. The number of carboxylic acids is 1. The summed E-state index contributed by atoms with van der Waals surface area (Å²) in [5.74, 6) is -0.743. The third-order valence-corrected chi connectivity index (χ3v) is 6.15. The first-order valence-electron chi connectivity index (χ1n) is 9.72. The van der Waals surface area contributed by atoms with Crippen LogP contribution in [0.1, 0.15) is 23.6 Å². The average molecular weight is 503 g/mol. The van der Waals surface area contributed by atoms with Crippen molar-refractivity contribution in [1.29, 1.82) is 0 Å². The Labute approximate surface area is 193 Å². The number of rotatable bonds is 9. The van der Waals surface area contributed by atoms with Crippen LogP contribution in [0.4, 0.5) is 5.69 Å². The van der Waals surface area contributed by atoms with Gasteiger partial charge in [-0.15, -0.1) is 6.58 Å². The zero-order valence-electron chi connectivity index (χ0n) is 17.0.